The Bertz CT molecular complexity index is 671. The van der Waals surface area contributed by atoms with Crippen LogP contribution in [-0.2, 0) is 16.6 Å². The molecular weight excluding hydrogens is 344 g/mol. The third-order valence-corrected chi connectivity index (χ3v) is 4.87. The molecule has 2 aromatic carbocycles. The van der Waals surface area contributed by atoms with Crippen molar-refractivity contribution in [3.8, 4) is 0 Å². The lowest BCUT2D eigenvalue weighted by Gasteiger charge is -2.08. The molecule has 0 bridgehead atoms. The Hall–Kier alpha value is -1.73. The minimum absolute atomic E-state index is 0.123. The lowest BCUT2D eigenvalue weighted by atomic mass is 10.2. The summed E-state index contributed by atoms with van der Waals surface area (Å²) < 4.78 is 13.1. The smallest absolute Gasteiger partial charge is 0.285 e. The highest BCUT2D eigenvalue weighted by Gasteiger charge is 2.19. The van der Waals surface area contributed by atoms with Gasteiger partial charge in [-0.3, -0.25) is 14.3 Å². The van der Waals surface area contributed by atoms with Gasteiger partial charge in [0.2, 0.25) is 0 Å². The average molecular weight is 355 g/mol. The summed E-state index contributed by atoms with van der Waals surface area (Å²) in [6.45, 7) is 0. The lowest BCUT2D eigenvalue weighted by Crippen LogP contribution is -2.04. The van der Waals surface area contributed by atoms with Gasteiger partial charge in [0.25, 0.3) is 5.69 Å². The van der Waals surface area contributed by atoms with Crippen molar-refractivity contribution >= 4 is 38.1 Å². The molecule has 2 N–H and O–H groups in total. The number of hydrogen-bond acceptors (Lipinski definition) is 4. The second kappa shape index (κ2) is 6.15. The predicted molar refractivity (Wildman–Crippen MR) is 81.8 cm³/mol. The number of halogens is 1. The van der Waals surface area contributed by atoms with Crippen molar-refractivity contribution in [3.05, 3.63) is 62.6 Å². The van der Waals surface area contributed by atoms with E-state index in [0.717, 1.165) is 4.47 Å². The Kier molecular flexibility index (Phi) is 4.51. The maximum absolute atomic E-state index is 12.4. The van der Waals surface area contributed by atoms with Gasteiger partial charge in [-0.2, -0.15) is 0 Å². The molecule has 0 aliphatic heterocycles. The number of nitrogens with two attached hydrogens (primary N) is 1. The first kappa shape index (κ1) is 14.7. The topological polar surface area (TPSA) is 86.2 Å². The molecule has 0 saturated carbocycles. The van der Waals surface area contributed by atoms with Crippen LogP contribution in [0.5, 0.6) is 0 Å². The lowest BCUT2D eigenvalue weighted by molar-refractivity contribution is -0.387. The maximum Gasteiger partial charge on any atom is 0.285 e. The molecule has 0 spiro atoms. The summed E-state index contributed by atoms with van der Waals surface area (Å²) in [4.78, 5) is 10.6. The van der Waals surface area contributed by atoms with Gasteiger partial charge in [-0.1, -0.05) is 34.1 Å². The molecule has 0 aliphatic carbocycles. The fourth-order valence-corrected chi connectivity index (χ4v) is 3.79. The van der Waals surface area contributed by atoms with E-state index in [0.29, 0.717) is 11.3 Å². The van der Waals surface area contributed by atoms with E-state index in [1.54, 1.807) is 30.3 Å². The molecular formula is C13H11BrN2O3S. The Morgan fingerprint density at radius 2 is 1.90 bits per heavy atom. The molecule has 2 rings (SSSR count). The van der Waals surface area contributed by atoms with E-state index < -0.39 is 15.7 Å². The number of rotatable bonds is 4. The van der Waals surface area contributed by atoms with E-state index in [1.807, 2.05) is 0 Å². The van der Waals surface area contributed by atoms with Crippen LogP contribution < -0.4 is 5.73 Å². The second-order valence-corrected chi connectivity index (χ2v) is 6.30. The van der Waals surface area contributed by atoms with Crippen LogP contribution in [0.2, 0.25) is 0 Å². The van der Waals surface area contributed by atoms with Crippen molar-refractivity contribution in [3.63, 3.8) is 0 Å². The van der Waals surface area contributed by atoms with Crippen LogP contribution in [0.1, 0.15) is 5.56 Å². The zero-order valence-corrected chi connectivity index (χ0v) is 12.7. The SMILES string of the molecule is Nc1cccc(Br)c1CS(=O)c1ccccc1[N+](=O)[O-]. The Morgan fingerprint density at radius 1 is 1.20 bits per heavy atom. The van der Waals surface area contributed by atoms with Crippen LogP contribution in [0, 0.1) is 10.1 Å². The number of nitrogen functional groups attached to an aromatic ring is 1. The quantitative estimate of drug-likeness (QED) is 0.518. The summed E-state index contributed by atoms with van der Waals surface area (Å²) in [6, 6.07) is 11.3. The number of anilines is 1. The minimum Gasteiger partial charge on any atom is -0.398 e. The standard InChI is InChI=1S/C13H11BrN2O3S/c14-10-4-3-5-11(15)9(10)8-20(19)13-7-2-1-6-12(13)16(17)18/h1-7H,8,15H2. The summed E-state index contributed by atoms with van der Waals surface area (Å²) in [5.41, 5.74) is 6.90. The highest BCUT2D eigenvalue weighted by atomic mass is 79.9. The van der Waals surface area contributed by atoms with Gasteiger partial charge in [0.05, 0.1) is 21.5 Å². The zero-order valence-electron chi connectivity index (χ0n) is 10.3. The number of nitro benzene ring substituents is 1. The number of para-hydroxylation sites is 1. The predicted octanol–water partition coefficient (Wildman–Crippen LogP) is 3.25. The fourth-order valence-electron chi connectivity index (χ4n) is 1.74. The van der Waals surface area contributed by atoms with Gasteiger partial charge in [0.15, 0.2) is 0 Å². The molecule has 1 unspecified atom stereocenters. The van der Waals surface area contributed by atoms with Gasteiger partial charge < -0.3 is 5.73 Å². The highest BCUT2D eigenvalue weighted by molar-refractivity contribution is 9.10. The molecule has 2 aromatic rings. The largest absolute Gasteiger partial charge is 0.398 e. The summed E-state index contributed by atoms with van der Waals surface area (Å²) in [5, 5.41) is 10.9. The first-order valence-electron chi connectivity index (χ1n) is 5.65. The third-order valence-electron chi connectivity index (χ3n) is 2.74. The molecule has 0 radical (unpaired) electrons. The molecule has 0 aromatic heterocycles. The van der Waals surface area contributed by atoms with Crippen molar-refractivity contribution in [1.82, 2.24) is 0 Å². The zero-order chi connectivity index (χ0) is 14.7. The van der Waals surface area contributed by atoms with Gasteiger partial charge >= 0.3 is 0 Å². The fraction of sp³-hybridized carbons (Fsp3) is 0.0769. The summed E-state index contributed by atoms with van der Waals surface area (Å²) in [5.74, 6) is 0.123. The Morgan fingerprint density at radius 3 is 2.55 bits per heavy atom. The molecule has 104 valence electrons. The van der Waals surface area contributed by atoms with Gasteiger partial charge in [-0.15, -0.1) is 0 Å². The molecule has 7 heteroatoms. The van der Waals surface area contributed by atoms with Crippen LogP contribution in [0.3, 0.4) is 0 Å². The van der Waals surface area contributed by atoms with Gasteiger partial charge in [-0.25, -0.2) is 0 Å². The number of nitrogens with zero attached hydrogens (tertiary/aromatic N) is 1. The average Bonchev–Trinajstić information content (AvgIpc) is 2.43. The minimum atomic E-state index is -1.54. The highest BCUT2D eigenvalue weighted by Crippen LogP contribution is 2.28. The normalized spacial score (nSPS) is 12.1. The molecule has 5 nitrogen and oxygen atoms in total. The van der Waals surface area contributed by atoms with E-state index in [4.69, 9.17) is 5.73 Å². The van der Waals surface area contributed by atoms with Crippen molar-refractivity contribution in [2.24, 2.45) is 0 Å². The van der Waals surface area contributed by atoms with Gasteiger partial charge in [0.1, 0.15) is 4.90 Å². The van der Waals surface area contributed by atoms with Crippen molar-refractivity contribution in [1.29, 1.82) is 0 Å². The number of benzene rings is 2. The number of hydrogen-bond donors (Lipinski definition) is 1. The Balaban J connectivity index is 2.36. The second-order valence-electron chi connectivity index (χ2n) is 4.02. The van der Waals surface area contributed by atoms with E-state index in [1.165, 1.54) is 12.1 Å². The monoisotopic (exact) mass is 354 g/mol. The first-order valence-corrected chi connectivity index (χ1v) is 7.76. The van der Waals surface area contributed by atoms with E-state index in [2.05, 4.69) is 15.9 Å². The van der Waals surface area contributed by atoms with Crippen molar-refractivity contribution in [2.45, 2.75) is 10.6 Å². The van der Waals surface area contributed by atoms with Crippen LogP contribution in [0.25, 0.3) is 0 Å². The van der Waals surface area contributed by atoms with Crippen molar-refractivity contribution < 1.29 is 9.13 Å². The van der Waals surface area contributed by atoms with Crippen LogP contribution in [0.15, 0.2) is 51.8 Å². The molecule has 0 heterocycles. The molecule has 0 amide bonds. The summed E-state index contributed by atoms with van der Waals surface area (Å²) in [6.07, 6.45) is 0. The third kappa shape index (κ3) is 3.05. The summed E-state index contributed by atoms with van der Waals surface area (Å²) >= 11 is 3.35. The first-order chi connectivity index (χ1) is 9.50. The molecule has 0 fully saturated rings. The number of nitro groups is 1. The molecule has 20 heavy (non-hydrogen) atoms. The van der Waals surface area contributed by atoms with Crippen LogP contribution in [0.4, 0.5) is 11.4 Å². The molecule has 1 atom stereocenters. The molecule has 0 aliphatic rings. The van der Waals surface area contributed by atoms with Crippen molar-refractivity contribution in [2.75, 3.05) is 5.73 Å². The molecule has 0 saturated heterocycles. The van der Waals surface area contributed by atoms with E-state index in [-0.39, 0.29) is 16.3 Å². The van der Waals surface area contributed by atoms with Crippen LogP contribution in [-0.4, -0.2) is 9.13 Å². The van der Waals surface area contributed by atoms with E-state index >= 15 is 0 Å². The Labute approximate surface area is 126 Å². The van der Waals surface area contributed by atoms with Crippen LogP contribution >= 0.6 is 15.9 Å². The maximum atomic E-state index is 12.4. The van der Waals surface area contributed by atoms with Gasteiger partial charge in [-0.05, 0) is 18.2 Å². The van der Waals surface area contributed by atoms with Gasteiger partial charge in [0, 0.05) is 21.8 Å². The summed E-state index contributed by atoms with van der Waals surface area (Å²) in [7, 11) is -1.54. The van der Waals surface area contributed by atoms with E-state index in [9.17, 15) is 14.3 Å².